The van der Waals surface area contributed by atoms with Gasteiger partial charge in [-0.05, 0) is 51.9 Å². The largest absolute Gasteiger partial charge is 0.356 e. The van der Waals surface area contributed by atoms with E-state index in [1.165, 1.54) is 55.6 Å². The molecular formula is C14H21N3. The number of aryl methyl sites for hydroxylation is 2. The van der Waals surface area contributed by atoms with E-state index in [0.29, 0.717) is 0 Å². The number of aromatic nitrogens is 2. The molecule has 0 radical (unpaired) electrons. The van der Waals surface area contributed by atoms with Crippen LogP contribution in [0, 0.1) is 6.92 Å². The standard InChI is InChI=1S/C14H21N3/c1-10-15-13-9-4-3-8-12(13)14(16-10)17(2)11-6-5-7-11/h11H,3-9H2,1-2H3. The predicted molar refractivity (Wildman–Crippen MR) is 69.5 cm³/mol. The minimum atomic E-state index is 0.718. The van der Waals surface area contributed by atoms with Gasteiger partial charge in [-0.25, -0.2) is 9.97 Å². The predicted octanol–water partition coefficient (Wildman–Crippen LogP) is 2.65. The van der Waals surface area contributed by atoms with Crippen LogP contribution in [0.15, 0.2) is 0 Å². The lowest BCUT2D eigenvalue weighted by molar-refractivity contribution is 0.397. The van der Waals surface area contributed by atoms with Gasteiger partial charge >= 0.3 is 0 Å². The van der Waals surface area contributed by atoms with Crippen LogP contribution < -0.4 is 4.90 Å². The molecule has 0 aliphatic heterocycles. The van der Waals surface area contributed by atoms with E-state index >= 15 is 0 Å². The number of nitrogens with zero attached hydrogens (tertiary/aromatic N) is 3. The monoisotopic (exact) mass is 231 g/mol. The Bertz CT molecular complexity index is 424. The Morgan fingerprint density at radius 3 is 2.53 bits per heavy atom. The molecule has 0 saturated heterocycles. The Morgan fingerprint density at radius 2 is 1.82 bits per heavy atom. The van der Waals surface area contributed by atoms with Crippen molar-refractivity contribution in [3.8, 4) is 0 Å². The molecule has 92 valence electrons. The van der Waals surface area contributed by atoms with Crippen LogP contribution in [-0.2, 0) is 12.8 Å². The fourth-order valence-corrected chi connectivity index (χ4v) is 2.93. The minimum absolute atomic E-state index is 0.718. The van der Waals surface area contributed by atoms with Crippen LogP contribution in [0.2, 0.25) is 0 Å². The second kappa shape index (κ2) is 4.28. The van der Waals surface area contributed by atoms with E-state index in [1.54, 1.807) is 0 Å². The summed E-state index contributed by atoms with van der Waals surface area (Å²) in [7, 11) is 2.21. The second-order valence-corrected chi connectivity index (χ2v) is 5.42. The number of fused-ring (bicyclic) bond motifs is 1. The molecule has 17 heavy (non-hydrogen) atoms. The molecule has 1 heterocycles. The summed E-state index contributed by atoms with van der Waals surface area (Å²) in [6.07, 6.45) is 8.93. The Balaban J connectivity index is 1.98. The van der Waals surface area contributed by atoms with Crippen LogP contribution in [0.25, 0.3) is 0 Å². The topological polar surface area (TPSA) is 29.0 Å². The van der Waals surface area contributed by atoms with Gasteiger partial charge in [-0.3, -0.25) is 0 Å². The smallest absolute Gasteiger partial charge is 0.135 e. The van der Waals surface area contributed by atoms with Gasteiger partial charge in [0.2, 0.25) is 0 Å². The van der Waals surface area contributed by atoms with Crippen molar-refractivity contribution in [2.24, 2.45) is 0 Å². The van der Waals surface area contributed by atoms with Crippen LogP contribution in [-0.4, -0.2) is 23.1 Å². The summed E-state index contributed by atoms with van der Waals surface area (Å²) in [4.78, 5) is 11.7. The fraction of sp³-hybridized carbons (Fsp3) is 0.714. The van der Waals surface area contributed by atoms with Crippen molar-refractivity contribution in [1.82, 2.24) is 9.97 Å². The highest BCUT2D eigenvalue weighted by Gasteiger charge is 2.27. The van der Waals surface area contributed by atoms with Crippen LogP contribution >= 0.6 is 0 Å². The second-order valence-electron chi connectivity index (χ2n) is 5.42. The van der Waals surface area contributed by atoms with Crippen molar-refractivity contribution >= 4 is 5.82 Å². The zero-order chi connectivity index (χ0) is 11.8. The highest BCUT2D eigenvalue weighted by molar-refractivity contribution is 5.50. The van der Waals surface area contributed by atoms with E-state index in [4.69, 9.17) is 4.98 Å². The first-order valence-electron chi connectivity index (χ1n) is 6.85. The summed E-state index contributed by atoms with van der Waals surface area (Å²) in [5, 5.41) is 0. The Labute approximate surface area is 103 Å². The first-order chi connectivity index (χ1) is 8.25. The molecule has 1 aromatic heterocycles. The average Bonchev–Trinajstić information content (AvgIpc) is 2.25. The molecule has 0 amide bonds. The summed E-state index contributed by atoms with van der Waals surface area (Å²) < 4.78 is 0. The van der Waals surface area contributed by atoms with E-state index in [2.05, 4.69) is 16.9 Å². The van der Waals surface area contributed by atoms with Crippen molar-refractivity contribution in [2.75, 3.05) is 11.9 Å². The van der Waals surface area contributed by atoms with Gasteiger partial charge in [-0.2, -0.15) is 0 Å². The molecule has 0 atom stereocenters. The van der Waals surface area contributed by atoms with Gasteiger partial charge in [0.1, 0.15) is 11.6 Å². The first-order valence-corrected chi connectivity index (χ1v) is 6.85. The van der Waals surface area contributed by atoms with Crippen molar-refractivity contribution in [2.45, 2.75) is 57.9 Å². The first kappa shape index (κ1) is 11.0. The Morgan fingerprint density at radius 1 is 1.06 bits per heavy atom. The fourth-order valence-electron chi connectivity index (χ4n) is 2.93. The number of hydrogen-bond donors (Lipinski definition) is 0. The lowest BCUT2D eigenvalue weighted by atomic mass is 9.90. The third-order valence-electron chi connectivity index (χ3n) is 4.23. The van der Waals surface area contributed by atoms with E-state index in [-0.39, 0.29) is 0 Å². The quantitative estimate of drug-likeness (QED) is 0.783. The van der Waals surface area contributed by atoms with Crippen molar-refractivity contribution < 1.29 is 0 Å². The van der Waals surface area contributed by atoms with Crippen LogP contribution in [0.4, 0.5) is 5.82 Å². The van der Waals surface area contributed by atoms with Gasteiger partial charge in [0.05, 0.1) is 0 Å². The van der Waals surface area contributed by atoms with E-state index in [9.17, 15) is 0 Å². The maximum Gasteiger partial charge on any atom is 0.135 e. The molecule has 0 spiro atoms. The van der Waals surface area contributed by atoms with Gasteiger partial charge in [0.25, 0.3) is 0 Å². The van der Waals surface area contributed by atoms with Crippen molar-refractivity contribution in [1.29, 1.82) is 0 Å². The number of anilines is 1. The van der Waals surface area contributed by atoms with Gasteiger partial charge < -0.3 is 4.90 Å². The molecule has 3 heteroatoms. The molecule has 2 aliphatic rings. The molecule has 0 N–H and O–H groups in total. The molecule has 3 nitrogen and oxygen atoms in total. The average molecular weight is 231 g/mol. The summed E-state index contributed by atoms with van der Waals surface area (Å²) in [6.45, 7) is 2.02. The summed E-state index contributed by atoms with van der Waals surface area (Å²) >= 11 is 0. The summed E-state index contributed by atoms with van der Waals surface area (Å²) in [6, 6.07) is 0.718. The zero-order valence-electron chi connectivity index (χ0n) is 10.9. The van der Waals surface area contributed by atoms with Gasteiger partial charge in [0.15, 0.2) is 0 Å². The van der Waals surface area contributed by atoms with Crippen molar-refractivity contribution in [3.05, 3.63) is 17.1 Å². The van der Waals surface area contributed by atoms with Gasteiger partial charge in [-0.1, -0.05) is 0 Å². The maximum atomic E-state index is 4.70. The molecule has 0 aromatic carbocycles. The molecule has 2 aliphatic carbocycles. The summed E-state index contributed by atoms with van der Waals surface area (Å²) in [5.74, 6) is 2.16. The van der Waals surface area contributed by atoms with Gasteiger partial charge in [-0.15, -0.1) is 0 Å². The Hall–Kier alpha value is -1.12. The minimum Gasteiger partial charge on any atom is -0.356 e. The molecular weight excluding hydrogens is 210 g/mol. The molecule has 1 saturated carbocycles. The van der Waals surface area contributed by atoms with Crippen LogP contribution in [0.3, 0.4) is 0 Å². The summed E-state index contributed by atoms with van der Waals surface area (Å²) in [5.41, 5.74) is 2.74. The molecule has 1 aromatic rings. The maximum absolute atomic E-state index is 4.70. The number of rotatable bonds is 2. The number of hydrogen-bond acceptors (Lipinski definition) is 3. The third-order valence-corrected chi connectivity index (χ3v) is 4.23. The van der Waals surface area contributed by atoms with Crippen LogP contribution in [0.5, 0.6) is 0 Å². The van der Waals surface area contributed by atoms with E-state index in [0.717, 1.165) is 18.3 Å². The van der Waals surface area contributed by atoms with Crippen molar-refractivity contribution in [3.63, 3.8) is 0 Å². The lowest BCUT2D eigenvalue weighted by Crippen LogP contribution is -2.38. The SMILES string of the molecule is Cc1nc2c(c(N(C)C3CCC3)n1)CCCC2. The lowest BCUT2D eigenvalue weighted by Gasteiger charge is -2.37. The zero-order valence-corrected chi connectivity index (χ0v) is 10.9. The highest BCUT2D eigenvalue weighted by Crippen LogP contribution is 2.32. The van der Waals surface area contributed by atoms with E-state index < -0.39 is 0 Å². The van der Waals surface area contributed by atoms with E-state index in [1.807, 2.05) is 6.92 Å². The van der Waals surface area contributed by atoms with Crippen LogP contribution in [0.1, 0.15) is 49.2 Å². The van der Waals surface area contributed by atoms with Gasteiger partial charge in [0, 0.05) is 24.3 Å². The Kier molecular flexibility index (Phi) is 2.77. The third kappa shape index (κ3) is 1.92. The molecule has 0 bridgehead atoms. The highest BCUT2D eigenvalue weighted by atomic mass is 15.2. The molecule has 0 unspecified atom stereocenters. The molecule has 1 fully saturated rings. The molecule has 3 rings (SSSR count). The normalized spacial score (nSPS) is 19.6.